The van der Waals surface area contributed by atoms with Crippen LogP contribution in [0.25, 0.3) is 22.0 Å². The van der Waals surface area contributed by atoms with E-state index in [1.165, 1.54) is 18.5 Å². The number of hydrogen-bond donors (Lipinski definition) is 1. The van der Waals surface area contributed by atoms with Gasteiger partial charge in [0.25, 0.3) is 0 Å². The van der Waals surface area contributed by atoms with Gasteiger partial charge in [0, 0.05) is 54.6 Å². The van der Waals surface area contributed by atoms with E-state index in [0.717, 1.165) is 17.3 Å². The largest absolute Gasteiger partial charge is 0.366 e. The van der Waals surface area contributed by atoms with E-state index >= 15 is 0 Å². The van der Waals surface area contributed by atoms with Crippen molar-refractivity contribution in [2.45, 2.75) is 6.92 Å². The van der Waals surface area contributed by atoms with Crippen LogP contribution in [0, 0.1) is 5.82 Å². The standard InChI is InChI=1S/C21H19ClFN5O2/c1-12(29)27-4-6-28(7-5-27)21-17-9-18(22)15(10-19(17)25-11-26-21)14-3-2-13(23)8-16(14)20(24)30/h2-3,8-11H,4-7H2,1H3,(H2,24,30). The number of halogens is 2. The molecule has 3 aromatic rings. The van der Waals surface area contributed by atoms with E-state index in [1.54, 1.807) is 24.0 Å². The summed E-state index contributed by atoms with van der Waals surface area (Å²) in [6.07, 6.45) is 1.46. The second kappa shape index (κ2) is 7.87. The molecule has 7 nitrogen and oxygen atoms in total. The van der Waals surface area contributed by atoms with Crippen LogP contribution in [0.5, 0.6) is 0 Å². The van der Waals surface area contributed by atoms with Gasteiger partial charge in [-0.3, -0.25) is 9.59 Å². The fourth-order valence-electron chi connectivity index (χ4n) is 3.71. The number of nitrogens with two attached hydrogens (primary N) is 1. The number of amides is 2. The average molecular weight is 428 g/mol. The van der Waals surface area contributed by atoms with E-state index < -0.39 is 11.7 Å². The van der Waals surface area contributed by atoms with Crippen LogP contribution in [-0.2, 0) is 4.79 Å². The van der Waals surface area contributed by atoms with Gasteiger partial charge in [0.2, 0.25) is 11.8 Å². The number of hydrogen-bond acceptors (Lipinski definition) is 5. The van der Waals surface area contributed by atoms with Gasteiger partial charge in [0.1, 0.15) is 18.0 Å². The zero-order valence-corrected chi connectivity index (χ0v) is 17.0. The topological polar surface area (TPSA) is 92.4 Å². The molecule has 0 atom stereocenters. The van der Waals surface area contributed by atoms with Crippen molar-refractivity contribution in [2.75, 3.05) is 31.1 Å². The first-order chi connectivity index (χ1) is 14.3. The molecule has 9 heteroatoms. The monoisotopic (exact) mass is 427 g/mol. The van der Waals surface area contributed by atoms with Crippen LogP contribution in [0.1, 0.15) is 17.3 Å². The molecule has 0 bridgehead atoms. The number of primary amides is 1. The van der Waals surface area contributed by atoms with Crippen LogP contribution >= 0.6 is 11.6 Å². The fourth-order valence-corrected chi connectivity index (χ4v) is 3.98. The van der Waals surface area contributed by atoms with E-state index in [4.69, 9.17) is 17.3 Å². The van der Waals surface area contributed by atoms with Crippen molar-refractivity contribution >= 4 is 40.1 Å². The fraction of sp³-hybridized carbons (Fsp3) is 0.238. The van der Waals surface area contributed by atoms with E-state index in [-0.39, 0.29) is 11.5 Å². The van der Waals surface area contributed by atoms with Crippen molar-refractivity contribution < 1.29 is 14.0 Å². The molecule has 2 heterocycles. The van der Waals surface area contributed by atoms with Crippen molar-refractivity contribution in [3.8, 4) is 11.1 Å². The minimum atomic E-state index is -0.743. The molecule has 0 aliphatic carbocycles. The summed E-state index contributed by atoms with van der Waals surface area (Å²) in [7, 11) is 0. The number of aromatic nitrogens is 2. The van der Waals surface area contributed by atoms with E-state index in [2.05, 4.69) is 14.9 Å². The predicted octanol–water partition coefficient (Wildman–Crippen LogP) is 2.86. The number of rotatable bonds is 3. The molecule has 2 aromatic carbocycles. The van der Waals surface area contributed by atoms with Crippen molar-refractivity contribution in [1.82, 2.24) is 14.9 Å². The smallest absolute Gasteiger partial charge is 0.249 e. The maximum Gasteiger partial charge on any atom is 0.249 e. The molecule has 4 rings (SSSR count). The number of benzene rings is 2. The van der Waals surface area contributed by atoms with Crippen LogP contribution in [0.2, 0.25) is 5.02 Å². The van der Waals surface area contributed by atoms with Crippen LogP contribution < -0.4 is 10.6 Å². The zero-order valence-electron chi connectivity index (χ0n) is 16.2. The molecule has 1 aliphatic rings. The third-order valence-corrected chi connectivity index (χ3v) is 5.58. The Morgan fingerprint density at radius 2 is 1.80 bits per heavy atom. The van der Waals surface area contributed by atoms with Crippen molar-refractivity contribution in [3.05, 3.63) is 53.1 Å². The number of carbonyl (C=O) groups excluding carboxylic acids is 2. The Kier molecular flexibility index (Phi) is 5.26. The summed E-state index contributed by atoms with van der Waals surface area (Å²) in [4.78, 5) is 36.0. The highest BCUT2D eigenvalue weighted by Gasteiger charge is 2.22. The Balaban J connectivity index is 1.77. The summed E-state index contributed by atoms with van der Waals surface area (Å²) in [5, 5.41) is 1.13. The first-order valence-electron chi connectivity index (χ1n) is 9.39. The quantitative estimate of drug-likeness (QED) is 0.693. The van der Waals surface area contributed by atoms with Gasteiger partial charge < -0.3 is 15.5 Å². The van der Waals surface area contributed by atoms with Gasteiger partial charge in [-0.05, 0) is 29.8 Å². The molecule has 154 valence electrons. The molecule has 0 saturated carbocycles. The van der Waals surface area contributed by atoms with E-state index in [9.17, 15) is 14.0 Å². The number of anilines is 1. The minimum Gasteiger partial charge on any atom is -0.366 e. The Bertz CT molecular complexity index is 1160. The van der Waals surface area contributed by atoms with Gasteiger partial charge in [-0.1, -0.05) is 17.7 Å². The first kappa shape index (κ1) is 20.0. The number of carbonyl (C=O) groups is 2. The lowest BCUT2D eigenvalue weighted by atomic mass is 9.97. The molecular weight excluding hydrogens is 409 g/mol. The van der Waals surface area contributed by atoms with Gasteiger partial charge in [-0.15, -0.1) is 0 Å². The summed E-state index contributed by atoms with van der Waals surface area (Å²) >= 11 is 6.56. The van der Waals surface area contributed by atoms with Crippen LogP contribution in [0.4, 0.5) is 10.2 Å². The molecule has 0 radical (unpaired) electrons. The third-order valence-electron chi connectivity index (χ3n) is 5.26. The van der Waals surface area contributed by atoms with Crippen molar-refractivity contribution in [2.24, 2.45) is 5.73 Å². The summed E-state index contributed by atoms with van der Waals surface area (Å²) in [6.45, 7) is 4.09. The molecule has 30 heavy (non-hydrogen) atoms. The van der Waals surface area contributed by atoms with Gasteiger partial charge >= 0.3 is 0 Å². The Morgan fingerprint density at radius 3 is 2.47 bits per heavy atom. The summed E-state index contributed by atoms with van der Waals surface area (Å²) < 4.78 is 13.6. The predicted molar refractivity (Wildman–Crippen MR) is 113 cm³/mol. The first-order valence-corrected chi connectivity index (χ1v) is 9.77. The molecule has 0 spiro atoms. The zero-order chi connectivity index (χ0) is 21.4. The number of nitrogens with zero attached hydrogens (tertiary/aromatic N) is 4. The lowest BCUT2D eigenvalue weighted by Crippen LogP contribution is -2.48. The molecule has 1 fully saturated rings. The average Bonchev–Trinajstić information content (AvgIpc) is 2.73. The highest BCUT2D eigenvalue weighted by atomic mass is 35.5. The summed E-state index contributed by atoms with van der Waals surface area (Å²) in [6, 6.07) is 7.31. The highest BCUT2D eigenvalue weighted by Crippen LogP contribution is 2.36. The Labute approximate surface area is 177 Å². The van der Waals surface area contributed by atoms with Gasteiger partial charge in [0.05, 0.1) is 5.52 Å². The lowest BCUT2D eigenvalue weighted by molar-refractivity contribution is -0.129. The third kappa shape index (κ3) is 3.66. The summed E-state index contributed by atoms with van der Waals surface area (Å²) in [5.41, 5.74) is 7.08. The SMILES string of the molecule is CC(=O)N1CCN(c2ncnc3cc(-c4ccc(F)cc4C(N)=O)c(Cl)cc23)CC1. The Morgan fingerprint density at radius 1 is 1.07 bits per heavy atom. The second-order valence-corrected chi connectivity index (χ2v) is 7.50. The lowest BCUT2D eigenvalue weighted by Gasteiger charge is -2.35. The maximum atomic E-state index is 13.6. The van der Waals surface area contributed by atoms with Gasteiger partial charge in [-0.2, -0.15) is 0 Å². The van der Waals surface area contributed by atoms with Crippen molar-refractivity contribution in [3.63, 3.8) is 0 Å². The van der Waals surface area contributed by atoms with Crippen LogP contribution in [-0.4, -0.2) is 52.9 Å². The summed E-state index contributed by atoms with van der Waals surface area (Å²) in [5.74, 6) is -0.517. The van der Waals surface area contributed by atoms with Crippen LogP contribution in [0.15, 0.2) is 36.7 Å². The number of fused-ring (bicyclic) bond motifs is 1. The molecule has 1 aromatic heterocycles. The van der Waals surface area contributed by atoms with Crippen LogP contribution in [0.3, 0.4) is 0 Å². The minimum absolute atomic E-state index is 0.0471. The van der Waals surface area contributed by atoms with E-state index in [0.29, 0.717) is 47.8 Å². The molecule has 2 amide bonds. The second-order valence-electron chi connectivity index (χ2n) is 7.09. The molecule has 2 N–H and O–H groups in total. The van der Waals surface area contributed by atoms with E-state index in [1.807, 2.05) is 0 Å². The van der Waals surface area contributed by atoms with Gasteiger partial charge in [0.15, 0.2) is 0 Å². The molecule has 1 saturated heterocycles. The van der Waals surface area contributed by atoms with Gasteiger partial charge in [-0.25, -0.2) is 14.4 Å². The normalized spacial score (nSPS) is 14.2. The molecule has 0 unspecified atom stereocenters. The maximum absolute atomic E-state index is 13.6. The molecular formula is C21H19ClFN5O2. The van der Waals surface area contributed by atoms with Crippen molar-refractivity contribution in [1.29, 1.82) is 0 Å². The number of piperazine rings is 1. The molecule has 1 aliphatic heterocycles. The Hall–Kier alpha value is -3.26. The highest BCUT2D eigenvalue weighted by molar-refractivity contribution is 6.34.